The van der Waals surface area contributed by atoms with E-state index in [0.717, 1.165) is 52.5 Å². The maximum absolute atomic E-state index is 6.28. The average Bonchev–Trinajstić information content (AvgIpc) is 2.60. The Morgan fingerprint density at radius 1 is 1.04 bits per heavy atom. The molecule has 2 heterocycles. The van der Waals surface area contributed by atoms with Gasteiger partial charge in [0.1, 0.15) is 0 Å². The van der Waals surface area contributed by atoms with Crippen molar-refractivity contribution < 1.29 is 9.47 Å². The van der Waals surface area contributed by atoms with Gasteiger partial charge in [0.2, 0.25) is 0 Å². The van der Waals surface area contributed by atoms with E-state index in [1.807, 2.05) is 0 Å². The van der Waals surface area contributed by atoms with Crippen molar-refractivity contribution >= 4 is 5.96 Å². The molecule has 0 aromatic heterocycles. The van der Waals surface area contributed by atoms with Gasteiger partial charge in [-0.1, -0.05) is 19.3 Å². The molecule has 0 spiro atoms. The number of aliphatic imine (C=N–C) groups is 1. The minimum absolute atomic E-state index is 0.0673. The standard InChI is InChI=1S/C18H34N4O2/c1-17(2)15-22(10-13-24-17)18(6-4-3-5-7-18)14-20-16(19)21-8-11-23-12-9-21/h3-15H2,1-2H3,(H2,19,20). The first-order valence-corrected chi connectivity index (χ1v) is 9.52. The zero-order chi connectivity index (χ0) is 17.0. The zero-order valence-corrected chi connectivity index (χ0v) is 15.4. The second-order valence-corrected chi connectivity index (χ2v) is 8.09. The first kappa shape index (κ1) is 18.0. The lowest BCUT2D eigenvalue weighted by Gasteiger charge is -2.51. The molecule has 0 radical (unpaired) electrons. The first-order valence-electron chi connectivity index (χ1n) is 9.52. The quantitative estimate of drug-likeness (QED) is 0.623. The summed E-state index contributed by atoms with van der Waals surface area (Å²) in [6.45, 7) is 11.2. The summed E-state index contributed by atoms with van der Waals surface area (Å²) in [5, 5.41) is 0. The number of nitrogens with zero attached hydrogens (tertiary/aromatic N) is 3. The van der Waals surface area contributed by atoms with Gasteiger partial charge in [-0.2, -0.15) is 0 Å². The summed E-state index contributed by atoms with van der Waals surface area (Å²) in [5.74, 6) is 0.691. The van der Waals surface area contributed by atoms with Crippen LogP contribution in [-0.4, -0.2) is 79.4 Å². The van der Waals surface area contributed by atoms with Gasteiger partial charge in [-0.05, 0) is 26.7 Å². The Morgan fingerprint density at radius 2 is 1.75 bits per heavy atom. The van der Waals surface area contributed by atoms with Gasteiger partial charge < -0.3 is 20.1 Å². The Hall–Kier alpha value is -0.850. The molecule has 0 atom stereocenters. The minimum Gasteiger partial charge on any atom is -0.378 e. The predicted octanol–water partition coefficient (Wildman–Crippen LogP) is 1.45. The van der Waals surface area contributed by atoms with E-state index >= 15 is 0 Å². The summed E-state index contributed by atoms with van der Waals surface area (Å²) in [7, 11) is 0. The first-order chi connectivity index (χ1) is 11.5. The number of rotatable bonds is 3. The van der Waals surface area contributed by atoms with Gasteiger partial charge in [0.15, 0.2) is 5.96 Å². The molecule has 1 aliphatic carbocycles. The van der Waals surface area contributed by atoms with Crippen LogP contribution in [-0.2, 0) is 9.47 Å². The highest BCUT2D eigenvalue weighted by atomic mass is 16.5. The van der Waals surface area contributed by atoms with Crippen LogP contribution in [0.3, 0.4) is 0 Å². The minimum atomic E-state index is -0.0673. The summed E-state index contributed by atoms with van der Waals surface area (Å²) in [4.78, 5) is 9.65. The molecule has 2 aliphatic heterocycles. The van der Waals surface area contributed by atoms with Crippen molar-refractivity contribution in [3.8, 4) is 0 Å². The molecule has 0 bridgehead atoms. The highest BCUT2D eigenvalue weighted by molar-refractivity contribution is 5.78. The Bertz CT molecular complexity index is 440. The third-order valence-corrected chi connectivity index (χ3v) is 5.75. The molecule has 1 saturated carbocycles. The Kier molecular flexibility index (Phi) is 5.67. The van der Waals surface area contributed by atoms with E-state index < -0.39 is 0 Å². The summed E-state index contributed by atoms with van der Waals surface area (Å²) in [6, 6.07) is 0. The monoisotopic (exact) mass is 338 g/mol. The van der Waals surface area contributed by atoms with Gasteiger partial charge in [-0.3, -0.25) is 9.89 Å². The lowest BCUT2D eigenvalue weighted by atomic mass is 9.79. The molecule has 2 saturated heterocycles. The molecule has 6 nitrogen and oxygen atoms in total. The maximum Gasteiger partial charge on any atom is 0.191 e. The summed E-state index contributed by atoms with van der Waals surface area (Å²) in [5.41, 5.74) is 6.38. The third kappa shape index (κ3) is 4.21. The highest BCUT2D eigenvalue weighted by Crippen LogP contribution is 2.36. The van der Waals surface area contributed by atoms with Crippen LogP contribution in [0, 0.1) is 0 Å². The van der Waals surface area contributed by atoms with Crippen LogP contribution in [0.25, 0.3) is 0 Å². The van der Waals surface area contributed by atoms with Crippen molar-refractivity contribution in [1.82, 2.24) is 9.80 Å². The number of nitrogens with two attached hydrogens (primary N) is 1. The zero-order valence-electron chi connectivity index (χ0n) is 15.4. The van der Waals surface area contributed by atoms with E-state index in [2.05, 4.69) is 23.6 Å². The van der Waals surface area contributed by atoms with E-state index in [4.69, 9.17) is 20.2 Å². The predicted molar refractivity (Wildman–Crippen MR) is 96.3 cm³/mol. The molecule has 0 aromatic carbocycles. The van der Waals surface area contributed by atoms with Crippen LogP contribution >= 0.6 is 0 Å². The van der Waals surface area contributed by atoms with Crippen molar-refractivity contribution in [1.29, 1.82) is 0 Å². The molecule has 0 amide bonds. The lowest BCUT2D eigenvalue weighted by Crippen LogP contribution is -2.61. The molecule has 138 valence electrons. The molecule has 0 unspecified atom stereocenters. The summed E-state index contributed by atoms with van der Waals surface area (Å²) in [6.07, 6.45) is 6.39. The molecule has 24 heavy (non-hydrogen) atoms. The van der Waals surface area contributed by atoms with Gasteiger partial charge in [0.05, 0.1) is 32.0 Å². The van der Waals surface area contributed by atoms with E-state index in [1.165, 1.54) is 32.1 Å². The number of guanidine groups is 1. The van der Waals surface area contributed by atoms with Crippen molar-refractivity contribution in [3.05, 3.63) is 0 Å². The molecule has 0 aromatic rings. The van der Waals surface area contributed by atoms with Crippen molar-refractivity contribution in [2.45, 2.75) is 57.1 Å². The summed E-state index contributed by atoms with van der Waals surface area (Å²) < 4.78 is 11.3. The van der Waals surface area contributed by atoms with Gasteiger partial charge in [-0.25, -0.2) is 0 Å². The molecule has 2 N–H and O–H groups in total. The second-order valence-electron chi connectivity index (χ2n) is 8.09. The fourth-order valence-electron chi connectivity index (χ4n) is 4.33. The van der Waals surface area contributed by atoms with E-state index in [9.17, 15) is 0 Å². The van der Waals surface area contributed by atoms with Crippen LogP contribution < -0.4 is 5.73 Å². The second kappa shape index (κ2) is 7.58. The van der Waals surface area contributed by atoms with Crippen LogP contribution in [0.1, 0.15) is 46.0 Å². The van der Waals surface area contributed by atoms with Gasteiger partial charge in [0, 0.05) is 31.7 Å². The van der Waals surface area contributed by atoms with Crippen molar-refractivity contribution in [3.63, 3.8) is 0 Å². The topological polar surface area (TPSA) is 63.3 Å². The molecule has 6 heteroatoms. The molecule has 3 fully saturated rings. The van der Waals surface area contributed by atoms with Crippen LogP contribution in [0.4, 0.5) is 0 Å². The maximum atomic E-state index is 6.28. The molecular formula is C18H34N4O2. The molecular weight excluding hydrogens is 304 g/mol. The average molecular weight is 338 g/mol. The molecule has 3 aliphatic rings. The SMILES string of the molecule is CC1(C)CN(C2(CN=C(N)N3CCOCC3)CCCCC2)CCO1. The molecule has 3 rings (SSSR count). The third-order valence-electron chi connectivity index (χ3n) is 5.75. The number of ether oxygens (including phenoxy) is 2. The lowest BCUT2D eigenvalue weighted by molar-refractivity contribution is -0.121. The van der Waals surface area contributed by atoms with Crippen molar-refractivity contribution in [2.24, 2.45) is 10.7 Å². The summed E-state index contributed by atoms with van der Waals surface area (Å²) >= 11 is 0. The van der Waals surface area contributed by atoms with E-state index in [-0.39, 0.29) is 11.1 Å². The Balaban J connectivity index is 1.71. The smallest absolute Gasteiger partial charge is 0.191 e. The van der Waals surface area contributed by atoms with Gasteiger partial charge in [-0.15, -0.1) is 0 Å². The fraction of sp³-hybridized carbons (Fsp3) is 0.944. The van der Waals surface area contributed by atoms with Gasteiger partial charge in [0.25, 0.3) is 0 Å². The number of hydrogen-bond acceptors (Lipinski definition) is 4. The van der Waals surface area contributed by atoms with Gasteiger partial charge >= 0.3 is 0 Å². The van der Waals surface area contributed by atoms with Crippen molar-refractivity contribution in [2.75, 3.05) is 52.5 Å². The Morgan fingerprint density at radius 3 is 2.42 bits per heavy atom. The van der Waals surface area contributed by atoms with Crippen LogP contribution in [0.5, 0.6) is 0 Å². The van der Waals surface area contributed by atoms with Crippen LogP contribution in [0.2, 0.25) is 0 Å². The Labute approximate surface area is 146 Å². The number of hydrogen-bond donors (Lipinski definition) is 1. The van der Waals surface area contributed by atoms with E-state index in [1.54, 1.807) is 0 Å². The highest BCUT2D eigenvalue weighted by Gasteiger charge is 2.42. The van der Waals surface area contributed by atoms with Crippen LogP contribution in [0.15, 0.2) is 4.99 Å². The van der Waals surface area contributed by atoms with E-state index in [0.29, 0.717) is 5.96 Å². The fourth-order valence-corrected chi connectivity index (χ4v) is 4.33. The number of morpholine rings is 2. The normalized spacial score (nSPS) is 28.8. The largest absolute Gasteiger partial charge is 0.378 e.